The first kappa shape index (κ1) is 12.8. The molecule has 0 radical (unpaired) electrons. The number of thiophene rings is 1. The first-order chi connectivity index (χ1) is 8.26. The Morgan fingerprint density at radius 2 is 2.35 bits per heavy atom. The van der Waals surface area contributed by atoms with Gasteiger partial charge in [0, 0.05) is 27.8 Å². The number of nitrogens with two attached hydrogens (primary N) is 1. The summed E-state index contributed by atoms with van der Waals surface area (Å²) in [5, 5.41) is 2.07. The average molecular weight is 315 g/mol. The second-order valence-corrected chi connectivity index (χ2v) is 5.62. The fraction of sp³-hybridized carbons (Fsp3) is 0.333. The van der Waals surface area contributed by atoms with Gasteiger partial charge in [0.1, 0.15) is 5.76 Å². The number of halogens is 1. The zero-order chi connectivity index (χ0) is 12.3. The van der Waals surface area contributed by atoms with E-state index in [4.69, 9.17) is 10.3 Å². The summed E-state index contributed by atoms with van der Waals surface area (Å²) in [5.41, 5.74) is 4.02. The Balaban J connectivity index is 2.20. The first-order valence-electron chi connectivity index (χ1n) is 5.50. The Bertz CT molecular complexity index is 480. The summed E-state index contributed by atoms with van der Waals surface area (Å²) < 4.78 is 6.59. The lowest BCUT2D eigenvalue weighted by atomic mass is 10.0. The van der Waals surface area contributed by atoms with Crippen LogP contribution in [-0.2, 0) is 12.8 Å². The van der Waals surface area contributed by atoms with E-state index >= 15 is 0 Å². The van der Waals surface area contributed by atoms with Gasteiger partial charge in [-0.25, -0.2) is 0 Å². The summed E-state index contributed by atoms with van der Waals surface area (Å²) in [4.78, 5) is 1.29. The van der Waals surface area contributed by atoms with Crippen LogP contribution in [0, 0.1) is 0 Å². The van der Waals surface area contributed by atoms with Gasteiger partial charge in [-0.1, -0.05) is 6.92 Å². The molecule has 2 rings (SSSR count). The van der Waals surface area contributed by atoms with Gasteiger partial charge in [0.25, 0.3) is 0 Å². The minimum atomic E-state index is 0.0960. The van der Waals surface area contributed by atoms with Crippen molar-refractivity contribution in [1.82, 2.24) is 5.43 Å². The molecule has 0 saturated carbocycles. The fourth-order valence-corrected chi connectivity index (χ4v) is 3.42. The highest BCUT2D eigenvalue weighted by atomic mass is 79.9. The van der Waals surface area contributed by atoms with Crippen LogP contribution in [0.25, 0.3) is 0 Å². The van der Waals surface area contributed by atoms with Crippen molar-refractivity contribution < 1.29 is 4.42 Å². The highest BCUT2D eigenvalue weighted by molar-refractivity contribution is 9.10. The van der Waals surface area contributed by atoms with E-state index in [1.165, 1.54) is 4.88 Å². The molecule has 2 aromatic rings. The molecule has 0 aromatic carbocycles. The van der Waals surface area contributed by atoms with Crippen molar-refractivity contribution in [3.63, 3.8) is 0 Å². The molecule has 17 heavy (non-hydrogen) atoms. The van der Waals surface area contributed by atoms with Gasteiger partial charge in [-0.2, -0.15) is 0 Å². The second kappa shape index (κ2) is 5.82. The number of furan rings is 1. The van der Waals surface area contributed by atoms with Gasteiger partial charge < -0.3 is 4.42 Å². The van der Waals surface area contributed by atoms with Gasteiger partial charge in [0.05, 0.1) is 12.3 Å². The zero-order valence-corrected chi connectivity index (χ0v) is 12.0. The molecule has 3 N–H and O–H groups in total. The molecule has 92 valence electrons. The predicted molar refractivity (Wildman–Crippen MR) is 73.9 cm³/mol. The van der Waals surface area contributed by atoms with Crippen LogP contribution in [0.4, 0.5) is 0 Å². The van der Waals surface area contributed by atoms with Crippen molar-refractivity contribution >= 4 is 27.3 Å². The molecule has 0 fully saturated rings. The standard InChI is InChI=1S/C12H15BrN2OS/c1-2-11-8(3-5-16-11)10(15-14)7-12-9(13)4-6-17-12/h3-6,10,15H,2,7,14H2,1H3. The number of aryl methyl sites for hydroxylation is 1. The monoisotopic (exact) mass is 314 g/mol. The minimum absolute atomic E-state index is 0.0960. The van der Waals surface area contributed by atoms with Gasteiger partial charge in [0.2, 0.25) is 0 Å². The van der Waals surface area contributed by atoms with Crippen LogP contribution < -0.4 is 11.3 Å². The third-order valence-electron chi connectivity index (χ3n) is 2.76. The Kier molecular flexibility index (Phi) is 4.39. The third kappa shape index (κ3) is 2.80. The maximum absolute atomic E-state index is 5.65. The summed E-state index contributed by atoms with van der Waals surface area (Å²) in [7, 11) is 0. The van der Waals surface area contributed by atoms with Crippen LogP contribution in [-0.4, -0.2) is 0 Å². The molecule has 2 aromatic heterocycles. The zero-order valence-electron chi connectivity index (χ0n) is 9.57. The molecule has 0 aliphatic rings. The molecule has 0 aliphatic heterocycles. The molecule has 0 aliphatic carbocycles. The van der Waals surface area contributed by atoms with E-state index in [1.807, 2.05) is 6.07 Å². The van der Waals surface area contributed by atoms with Gasteiger partial charge >= 0.3 is 0 Å². The maximum atomic E-state index is 5.65. The van der Waals surface area contributed by atoms with Gasteiger partial charge in [-0.15, -0.1) is 11.3 Å². The van der Waals surface area contributed by atoms with Crippen LogP contribution in [0.5, 0.6) is 0 Å². The van der Waals surface area contributed by atoms with E-state index in [0.29, 0.717) is 0 Å². The number of hydrazine groups is 1. The van der Waals surface area contributed by atoms with E-state index in [2.05, 4.69) is 39.7 Å². The largest absolute Gasteiger partial charge is 0.469 e. The SMILES string of the molecule is CCc1occc1C(Cc1sccc1Br)NN. The van der Waals surface area contributed by atoms with Crippen molar-refractivity contribution in [2.45, 2.75) is 25.8 Å². The van der Waals surface area contributed by atoms with Crippen LogP contribution in [0.3, 0.4) is 0 Å². The lowest BCUT2D eigenvalue weighted by Gasteiger charge is -2.15. The van der Waals surface area contributed by atoms with Gasteiger partial charge in [0.15, 0.2) is 0 Å². The molecule has 3 nitrogen and oxygen atoms in total. The molecule has 5 heteroatoms. The number of hydrogen-bond donors (Lipinski definition) is 2. The van der Waals surface area contributed by atoms with Crippen LogP contribution >= 0.6 is 27.3 Å². The van der Waals surface area contributed by atoms with E-state index in [1.54, 1.807) is 17.6 Å². The van der Waals surface area contributed by atoms with Crippen molar-refractivity contribution in [3.05, 3.63) is 44.4 Å². The summed E-state index contributed by atoms with van der Waals surface area (Å²) >= 11 is 5.27. The van der Waals surface area contributed by atoms with Gasteiger partial charge in [-0.05, 0) is 33.4 Å². The third-order valence-corrected chi connectivity index (χ3v) is 4.71. The van der Waals surface area contributed by atoms with E-state index in [-0.39, 0.29) is 6.04 Å². The predicted octanol–water partition coefficient (Wildman–Crippen LogP) is 3.41. The summed E-state index contributed by atoms with van der Waals surface area (Å²) in [6.07, 6.45) is 3.47. The highest BCUT2D eigenvalue weighted by Crippen LogP contribution is 2.29. The smallest absolute Gasteiger partial charge is 0.108 e. The van der Waals surface area contributed by atoms with Crippen molar-refractivity contribution in [1.29, 1.82) is 0 Å². The van der Waals surface area contributed by atoms with Crippen molar-refractivity contribution in [2.24, 2.45) is 5.84 Å². The quantitative estimate of drug-likeness (QED) is 0.657. The lowest BCUT2D eigenvalue weighted by Crippen LogP contribution is -2.29. The Morgan fingerprint density at radius 1 is 1.53 bits per heavy atom. The second-order valence-electron chi connectivity index (χ2n) is 3.77. The highest BCUT2D eigenvalue weighted by Gasteiger charge is 2.17. The Hall–Kier alpha value is -0.620. The summed E-state index contributed by atoms with van der Waals surface area (Å²) in [6, 6.07) is 4.15. The molecular weight excluding hydrogens is 300 g/mol. The first-order valence-corrected chi connectivity index (χ1v) is 7.17. The van der Waals surface area contributed by atoms with Crippen molar-refractivity contribution in [2.75, 3.05) is 0 Å². The van der Waals surface area contributed by atoms with E-state index in [9.17, 15) is 0 Å². The van der Waals surface area contributed by atoms with E-state index in [0.717, 1.165) is 28.6 Å². The Labute approximate surface area is 113 Å². The maximum Gasteiger partial charge on any atom is 0.108 e. The van der Waals surface area contributed by atoms with Gasteiger partial charge in [-0.3, -0.25) is 11.3 Å². The molecule has 0 amide bonds. The molecule has 0 spiro atoms. The number of nitrogens with one attached hydrogen (secondary N) is 1. The van der Waals surface area contributed by atoms with Crippen molar-refractivity contribution in [3.8, 4) is 0 Å². The molecule has 1 unspecified atom stereocenters. The summed E-state index contributed by atoms with van der Waals surface area (Å²) in [6.45, 7) is 2.08. The van der Waals surface area contributed by atoms with Crippen LogP contribution in [0.1, 0.15) is 29.2 Å². The Morgan fingerprint density at radius 3 is 2.94 bits per heavy atom. The molecule has 2 heterocycles. The van der Waals surface area contributed by atoms with Crippen LogP contribution in [0.2, 0.25) is 0 Å². The van der Waals surface area contributed by atoms with Crippen LogP contribution in [0.15, 0.2) is 32.7 Å². The topological polar surface area (TPSA) is 51.2 Å². The van der Waals surface area contributed by atoms with E-state index < -0.39 is 0 Å². The fourth-order valence-electron chi connectivity index (χ4n) is 1.86. The molecular formula is C12H15BrN2OS. The summed E-state index contributed by atoms with van der Waals surface area (Å²) in [5.74, 6) is 6.65. The normalized spacial score (nSPS) is 12.9. The lowest BCUT2D eigenvalue weighted by molar-refractivity contribution is 0.488. The molecule has 0 bridgehead atoms. The molecule has 1 atom stereocenters. The number of hydrogen-bond acceptors (Lipinski definition) is 4. The number of rotatable bonds is 5. The minimum Gasteiger partial charge on any atom is -0.469 e. The molecule has 0 saturated heterocycles. The average Bonchev–Trinajstić information content (AvgIpc) is 2.95.